The maximum absolute atomic E-state index is 5.52. The normalized spacial score (nSPS) is 26.9. The lowest BCUT2D eigenvalue weighted by Crippen LogP contribution is -2.47. The molecule has 1 aliphatic carbocycles. The van der Waals surface area contributed by atoms with Crippen LogP contribution in [0.25, 0.3) is 0 Å². The third-order valence-electron chi connectivity index (χ3n) is 4.71. The van der Waals surface area contributed by atoms with Crippen LogP contribution in [-0.2, 0) is 0 Å². The molecular weight excluding hydrogens is 238 g/mol. The van der Waals surface area contributed by atoms with Gasteiger partial charge in [0.15, 0.2) is 0 Å². The summed E-state index contributed by atoms with van der Waals surface area (Å²) in [5, 5.41) is 0. The van der Waals surface area contributed by atoms with Crippen LogP contribution >= 0.6 is 0 Å². The Balaban J connectivity index is 1.91. The van der Waals surface area contributed by atoms with E-state index in [-0.39, 0.29) is 0 Å². The Morgan fingerprint density at radius 2 is 2.00 bits per heavy atom. The van der Waals surface area contributed by atoms with Crippen molar-refractivity contribution in [3.8, 4) is 0 Å². The summed E-state index contributed by atoms with van der Waals surface area (Å²) in [6, 6.07) is 0.668. The SMILES string of the molecule is Cc1c(NN)ncnc1N1CCCC2CCCCC21. The Hall–Kier alpha value is -1.36. The Labute approximate surface area is 114 Å². The van der Waals surface area contributed by atoms with Gasteiger partial charge in [0.05, 0.1) is 0 Å². The summed E-state index contributed by atoms with van der Waals surface area (Å²) in [4.78, 5) is 11.2. The second-order valence-electron chi connectivity index (χ2n) is 5.76. The van der Waals surface area contributed by atoms with E-state index in [9.17, 15) is 0 Å². The summed E-state index contributed by atoms with van der Waals surface area (Å²) >= 11 is 0. The zero-order valence-corrected chi connectivity index (χ0v) is 11.6. The molecule has 2 heterocycles. The lowest BCUT2D eigenvalue weighted by atomic mass is 9.78. The minimum absolute atomic E-state index is 0.668. The van der Waals surface area contributed by atoms with Crippen LogP contribution in [0.5, 0.6) is 0 Å². The average Bonchev–Trinajstić information content (AvgIpc) is 2.47. The number of nitrogen functional groups attached to an aromatic ring is 1. The summed E-state index contributed by atoms with van der Waals surface area (Å²) in [7, 11) is 0. The first kappa shape index (κ1) is 12.7. The number of nitrogens with one attached hydrogen (secondary N) is 1. The number of nitrogens with two attached hydrogens (primary N) is 1. The van der Waals surface area contributed by atoms with Crippen LogP contribution in [0.3, 0.4) is 0 Å². The van der Waals surface area contributed by atoms with Crippen molar-refractivity contribution in [3.63, 3.8) is 0 Å². The van der Waals surface area contributed by atoms with Crippen LogP contribution in [0.15, 0.2) is 6.33 Å². The van der Waals surface area contributed by atoms with E-state index in [1.807, 2.05) is 0 Å². The fourth-order valence-corrected chi connectivity index (χ4v) is 3.76. The van der Waals surface area contributed by atoms with Crippen LogP contribution < -0.4 is 16.2 Å². The van der Waals surface area contributed by atoms with Crippen molar-refractivity contribution in [1.29, 1.82) is 0 Å². The summed E-state index contributed by atoms with van der Waals surface area (Å²) < 4.78 is 0. The molecule has 0 radical (unpaired) electrons. The Morgan fingerprint density at radius 3 is 2.84 bits per heavy atom. The van der Waals surface area contributed by atoms with Gasteiger partial charge >= 0.3 is 0 Å². The molecule has 0 aromatic carbocycles. The number of hydrogen-bond donors (Lipinski definition) is 2. The van der Waals surface area contributed by atoms with Gasteiger partial charge in [-0.2, -0.15) is 0 Å². The van der Waals surface area contributed by atoms with E-state index >= 15 is 0 Å². The minimum atomic E-state index is 0.668. The monoisotopic (exact) mass is 261 g/mol. The molecule has 2 aliphatic rings. The number of rotatable bonds is 2. The second-order valence-corrected chi connectivity index (χ2v) is 5.76. The van der Waals surface area contributed by atoms with Gasteiger partial charge in [0, 0.05) is 18.2 Å². The quantitative estimate of drug-likeness (QED) is 0.631. The molecule has 104 valence electrons. The fraction of sp³-hybridized carbons (Fsp3) is 0.714. The standard InChI is InChI=1S/C14H23N5/c1-10-13(18-15)16-9-17-14(10)19-8-4-6-11-5-2-3-7-12(11)19/h9,11-12H,2-8,15H2,1H3,(H,16,17,18). The molecular formula is C14H23N5. The zero-order valence-electron chi connectivity index (χ0n) is 11.6. The molecule has 0 spiro atoms. The number of anilines is 2. The largest absolute Gasteiger partial charge is 0.353 e. The number of aromatic nitrogens is 2. The van der Waals surface area contributed by atoms with Gasteiger partial charge in [-0.05, 0) is 38.5 Å². The molecule has 2 fully saturated rings. The first-order valence-electron chi connectivity index (χ1n) is 7.36. The molecule has 5 heteroatoms. The number of nitrogens with zero attached hydrogens (tertiary/aromatic N) is 3. The van der Waals surface area contributed by atoms with Crippen molar-refractivity contribution >= 4 is 11.6 Å². The number of hydrogen-bond acceptors (Lipinski definition) is 5. The smallest absolute Gasteiger partial charge is 0.148 e. The van der Waals surface area contributed by atoms with Gasteiger partial charge in [0.1, 0.15) is 18.0 Å². The van der Waals surface area contributed by atoms with Gasteiger partial charge in [0.25, 0.3) is 0 Å². The van der Waals surface area contributed by atoms with E-state index in [1.165, 1.54) is 38.5 Å². The van der Waals surface area contributed by atoms with Crippen molar-refractivity contribution in [2.75, 3.05) is 16.9 Å². The number of fused-ring (bicyclic) bond motifs is 1. The van der Waals surface area contributed by atoms with Gasteiger partial charge in [-0.1, -0.05) is 12.8 Å². The topological polar surface area (TPSA) is 67.1 Å². The Morgan fingerprint density at radius 1 is 1.21 bits per heavy atom. The highest BCUT2D eigenvalue weighted by Gasteiger charge is 2.34. The summed E-state index contributed by atoms with van der Waals surface area (Å²) in [5.74, 6) is 8.18. The molecule has 1 aromatic rings. The first-order chi connectivity index (χ1) is 9.31. The molecule has 1 saturated carbocycles. The van der Waals surface area contributed by atoms with E-state index < -0.39 is 0 Å². The van der Waals surface area contributed by atoms with E-state index in [4.69, 9.17) is 5.84 Å². The predicted octanol–water partition coefficient (Wildman–Crippen LogP) is 2.23. The molecule has 5 nitrogen and oxygen atoms in total. The van der Waals surface area contributed by atoms with Gasteiger partial charge in [0.2, 0.25) is 0 Å². The molecule has 19 heavy (non-hydrogen) atoms. The molecule has 1 saturated heterocycles. The predicted molar refractivity (Wildman–Crippen MR) is 76.9 cm³/mol. The van der Waals surface area contributed by atoms with E-state index in [0.29, 0.717) is 6.04 Å². The van der Waals surface area contributed by atoms with Crippen molar-refractivity contribution in [2.24, 2.45) is 11.8 Å². The second kappa shape index (κ2) is 5.33. The lowest BCUT2D eigenvalue weighted by molar-refractivity contribution is 0.242. The Kier molecular flexibility index (Phi) is 3.55. The maximum atomic E-state index is 5.52. The van der Waals surface area contributed by atoms with Crippen LogP contribution in [0.2, 0.25) is 0 Å². The lowest BCUT2D eigenvalue weighted by Gasteiger charge is -2.45. The van der Waals surface area contributed by atoms with Gasteiger partial charge in [-0.3, -0.25) is 0 Å². The van der Waals surface area contributed by atoms with Crippen molar-refractivity contribution in [3.05, 3.63) is 11.9 Å². The molecule has 3 rings (SSSR count). The number of piperidine rings is 1. The van der Waals surface area contributed by atoms with Crippen molar-refractivity contribution in [1.82, 2.24) is 9.97 Å². The van der Waals surface area contributed by atoms with Crippen LogP contribution in [0.1, 0.15) is 44.1 Å². The van der Waals surface area contributed by atoms with Gasteiger partial charge in [-0.15, -0.1) is 0 Å². The summed E-state index contributed by atoms with van der Waals surface area (Å²) in [5.41, 5.74) is 3.73. The van der Waals surface area contributed by atoms with E-state index in [1.54, 1.807) is 6.33 Å². The molecule has 2 atom stereocenters. The third kappa shape index (κ3) is 2.27. The van der Waals surface area contributed by atoms with E-state index in [0.717, 1.165) is 29.7 Å². The van der Waals surface area contributed by atoms with Crippen LogP contribution in [-0.4, -0.2) is 22.6 Å². The van der Waals surface area contributed by atoms with Crippen molar-refractivity contribution in [2.45, 2.75) is 51.5 Å². The first-order valence-corrected chi connectivity index (χ1v) is 7.36. The highest BCUT2D eigenvalue weighted by molar-refractivity contribution is 5.58. The summed E-state index contributed by atoms with van der Waals surface area (Å²) in [6.07, 6.45) is 9.71. The highest BCUT2D eigenvalue weighted by Crippen LogP contribution is 2.38. The average molecular weight is 261 g/mol. The number of hydrazine groups is 1. The maximum Gasteiger partial charge on any atom is 0.148 e. The van der Waals surface area contributed by atoms with Gasteiger partial charge in [-0.25, -0.2) is 15.8 Å². The minimum Gasteiger partial charge on any atom is -0.353 e. The fourth-order valence-electron chi connectivity index (χ4n) is 3.76. The third-order valence-corrected chi connectivity index (χ3v) is 4.71. The molecule has 3 N–H and O–H groups in total. The van der Waals surface area contributed by atoms with E-state index in [2.05, 4.69) is 27.2 Å². The summed E-state index contributed by atoms with van der Waals surface area (Å²) in [6.45, 7) is 3.17. The molecule has 0 amide bonds. The zero-order chi connectivity index (χ0) is 13.2. The Bertz CT molecular complexity index is 445. The van der Waals surface area contributed by atoms with Crippen LogP contribution in [0, 0.1) is 12.8 Å². The molecule has 2 unspecified atom stereocenters. The highest BCUT2D eigenvalue weighted by atomic mass is 15.3. The van der Waals surface area contributed by atoms with Gasteiger partial charge < -0.3 is 10.3 Å². The molecule has 0 bridgehead atoms. The molecule has 1 aromatic heterocycles. The van der Waals surface area contributed by atoms with Crippen LogP contribution in [0.4, 0.5) is 11.6 Å². The molecule has 1 aliphatic heterocycles. The van der Waals surface area contributed by atoms with Crippen molar-refractivity contribution < 1.29 is 0 Å².